The number of carbonyl (C=O) groups is 2. The normalized spacial score (nSPS) is 14.5. The van der Waals surface area contributed by atoms with Crippen LogP contribution in [0.2, 0.25) is 0 Å². The number of thioether (sulfide) groups is 1. The molecule has 1 N–H and O–H groups in total. The molecule has 5 rings (SSSR count). The van der Waals surface area contributed by atoms with Gasteiger partial charge in [0.15, 0.2) is 11.7 Å². The Kier molecular flexibility index (Phi) is 6.40. The number of rotatable bonds is 6. The minimum Gasteiger partial charge on any atom is -0.288 e. The predicted octanol–water partition coefficient (Wildman–Crippen LogP) is 4.25. The molecule has 0 bridgehead atoms. The van der Waals surface area contributed by atoms with Crippen LogP contribution in [0, 0.1) is 0 Å². The Balaban J connectivity index is 1.42. The highest BCUT2D eigenvalue weighted by molar-refractivity contribution is 8.14. The van der Waals surface area contributed by atoms with Gasteiger partial charge in [-0.15, -0.1) is 0 Å². The van der Waals surface area contributed by atoms with E-state index in [1.54, 1.807) is 17.0 Å². The molecular formula is C26H22N5O3S+. The molecule has 2 heterocycles. The van der Waals surface area contributed by atoms with Gasteiger partial charge in [-0.05, 0) is 41.5 Å². The van der Waals surface area contributed by atoms with Crippen molar-refractivity contribution in [2.75, 3.05) is 16.0 Å². The molecule has 1 aromatic heterocycles. The summed E-state index contributed by atoms with van der Waals surface area (Å²) in [5, 5.41) is 9.02. The molecule has 1 aliphatic rings. The summed E-state index contributed by atoms with van der Waals surface area (Å²) in [6.45, 7) is 2.55. The van der Waals surface area contributed by atoms with Crippen molar-refractivity contribution in [3.8, 4) is 0 Å². The van der Waals surface area contributed by atoms with Crippen molar-refractivity contribution in [3.63, 3.8) is 0 Å². The van der Waals surface area contributed by atoms with Crippen LogP contribution in [0.3, 0.4) is 0 Å². The Morgan fingerprint density at radius 1 is 1.09 bits per heavy atom. The van der Waals surface area contributed by atoms with Gasteiger partial charge in [0, 0.05) is 0 Å². The molecule has 0 saturated carbocycles. The minimum absolute atomic E-state index is 0.0455. The average Bonchev–Trinajstić information content (AvgIpc) is 3.47. The zero-order chi connectivity index (χ0) is 24.2. The van der Waals surface area contributed by atoms with Gasteiger partial charge >= 0.3 is 5.88 Å². The summed E-state index contributed by atoms with van der Waals surface area (Å²) in [4.78, 5) is 32.1. The first-order valence-corrected chi connectivity index (χ1v) is 12.1. The number of fused-ring (bicyclic) bond motifs is 1. The fourth-order valence-corrected chi connectivity index (χ4v) is 4.52. The number of aliphatic imine (C=N–C) groups is 1. The quantitative estimate of drug-likeness (QED) is 0.326. The van der Waals surface area contributed by atoms with Crippen molar-refractivity contribution < 1.29 is 18.8 Å². The van der Waals surface area contributed by atoms with E-state index in [0.29, 0.717) is 23.1 Å². The number of aromatic nitrogens is 2. The number of carbonyl (C=O) groups excluding carboxylic acids is 2. The van der Waals surface area contributed by atoms with Crippen LogP contribution in [0.25, 0.3) is 16.8 Å². The number of para-hydroxylation sites is 1. The fraction of sp³-hybridized carbons (Fsp3) is 0.115. The SMILES string of the molecule is CC[n+]1cc(NC(=O)CSC2=N/C(=C/c3cccc4ccccc34)C(=O)N2c2ccccc2)on1. The van der Waals surface area contributed by atoms with Crippen LogP contribution in [0.5, 0.6) is 0 Å². The summed E-state index contributed by atoms with van der Waals surface area (Å²) < 4.78 is 6.67. The predicted molar refractivity (Wildman–Crippen MR) is 137 cm³/mol. The van der Waals surface area contributed by atoms with Crippen molar-refractivity contribution >= 4 is 57.2 Å². The monoisotopic (exact) mass is 484 g/mol. The van der Waals surface area contributed by atoms with E-state index in [2.05, 4.69) is 15.6 Å². The average molecular weight is 485 g/mol. The molecule has 0 aliphatic carbocycles. The summed E-state index contributed by atoms with van der Waals surface area (Å²) in [7, 11) is 0. The van der Waals surface area contributed by atoms with Gasteiger partial charge in [-0.3, -0.25) is 24.3 Å². The van der Waals surface area contributed by atoms with E-state index in [0.717, 1.165) is 16.3 Å². The molecular weight excluding hydrogens is 462 g/mol. The molecule has 1 aliphatic heterocycles. The number of amides is 2. The third-order valence-electron chi connectivity index (χ3n) is 5.39. The first-order valence-electron chi connectivity index (χ1n) is 11.1. The summed E-state index contributed by atoms with van der Waals surface area (Å²) in [5.74, 6) is -0.224. The van der Waals surface area contributed by atoms with E-state index in [1.165, 1.54) is 16.7 Å². The third-order valence-corrected chi connectivity index (χ3v) is 6.33. The molecule has 0 unspecified atom stereocenters. The largest absolute Gasteiger partial charge is 0.302 e. The molecule has 0 atom stereocenters. The number of hydrogen-bond acceptors (Lipinski definition) is 6. The number of nitrogens with one attached hydrogen (secondary N) is 1. The van der Waals surface area contributed by atoms with E-state index >= 15 is 0 Å². The van der Waals surface area contributed by atoms with Crippen molar-refractivity contribution in [1.29, 1.82) is 0 Å². The molecule has 35 heavy (non-hydrogen) atoms. The molecule has 9 heteroatoms. The molecule has 0 fully saturated rings. The Hall–Kier alpha value is -4.24. The summed E-state index contributed by atoms with van der Waals surface area (Å²) in [6, 6.07) is 23.2. The maximum Gasteiger partial charge on any atom is 0.302 e. The van der Waals surface area contributed by atoms with E-state index in [1.807, 2.05) is 79.7 Å². The summed E-state index contributed by atoms with van der Waals surface area (Å²) >= 11 is 1.18. The molecule has 174 valence electrons. The molecule has 3 aromatic carbocycles. The van der Waals surface area contributed by atoms with Crippen molar-refractivity contribution in [2.45, 2.75) is 13.5 Å². The highest BCUT2D eigenvalue weighted by atomic mass is 32.2. The lowest BCUT2D eigenvalue weighted by Crippen LogP contribution is -2.33. The second kappa shape index (κ2) is 9.94. The van der Waals surface area contributed by atoms with Gasteiger partial charge in [0.25, 0.3) is 12.1 Å². The Labute approximate surface area is 205 Å². The summed E-state index contributed by atoms with van der Waals surface area (Å²) in [6.07, 6.45) is 3.41. The van der Waals surface area contributed by atoms with Crippen LogP contribution < -0.4 is 14.9 Å². The van der Waals surface area contributed by atoms with E-state index in [4.69, 9.17) is 4.52 Å². The number of aryl methyl sites for hydroxylation is 1. The van der Waals surface area contributed by atoms with Crippen LogP contribution >= 0.6 is 11.8 Å². The highest BCUT2D eigenvalue weighted by Gasteiger charge is 2.32. The molecule has 2 amide bonds. The third kappa shape index (κ3) is 4.85. The minimum atomic E-state index is -0.288. The lowest BCUT2D eigenvalue weighted by Gasteiger charge is -2.17. The topological polar surface area (TPSA) is 91.7 Å². The lowest BCUT2D eigenvalue weighted by atomic mass is 10.0. The van der Waals surface area contributed by atoms with Crippen LogP contribution in [0.4, 0.5) is 11.6 Å². The van der Waals surface area contributed by atoms with Crippen LogP contribution in [0.1, 0.15) is 12.5 Å². The fourth-order valence-electron chi connectivity index (χ4n) is 3.71. The molecule has 0 saturated heterocycles. The first-order chi connectivity index (χ1) is 17.1. The van der Waals surface area contributed by atoms with Gasteiger partial charge in [-0.2, -0.15) is 0 Å². The second-order valence-corrected chi connectivity index (χ2v) is 8.67. The maximum absolute atomic E-state index is 13.4. The smallest absolute Gasteiger partial charge is 0.288 e. The van der Waals surface area contributed by atoms with Gasteiger partial charge in [-0.1, -0.05) is 77.1 Å². The molecule has 0 spiro atoms. The summed E-state index contributed by atoms with van der Waals surface area (Å²) in [5.41, 5.74) is 1.90. The molecule has 8 nitrogen and oxygen atoms in total. The molecule has 4 aromatic rings. The van der Waals surface area contributed by atoms with Crippen molar-refractivity contribution in [3.05, 3.63) is 90.3 Å². The van der Waals surface area contributed by atoms with Crippen molar-refractivity contribution in [1.82, 2.24) is 5.27 Å². The number of nitrogens with zero attached hydrogens (tertiary/aromatic N) is 4. The van der Waals surface area contributed by atoms with Crippen LogP contribution in [0.15, 0.2) is 94.2 Å². The van der Waals surface area contributed by atoms with Gasteiger partial charge in [0.05, 0.1) is 11.4 Å². The van der Waals surface area contributed by atoms with Crippen LogP contribution in [-0.4, -0.2) is 28.0 Å². The number of hydrogen-bond donors (Lipinski definition) is 1. The Morgan fingerprint density at radius 3 is 2.66 bits per heavy atom. The standard InChI is InChI=1S/C26H21N5O3S/c1-2-30-16-24(34-29-30)28-23(32)17-35-26-27-22(25(33)31(26)20-12-4-3-5-13-20)15-19-11-8-10-18-9-6-7-14-21(18)19/h3-16H,2,17H2,1H3/p+1/b22-15+. The van der Waals surface area contributed by atoms with Gasteiger partial charge in [0.2, 0.25) is 11.2 Å². The van der Waals surface area contributed by atoms with Gasteiger partial charge in [0.1, 0.15) is 5.70 Å². The van der Waals surface area contributed by atoms with E-state index < -0.39 is 0 Å². The zero-order valence-electron chi connectivity index (χ0n) is 18.9. The van der Waals surface area contributed by atoms with Gasteiger partial charge in [-0.25, -0.2) is 4.99 Å². The lowest BCUT2D eigenvalue weighted by molar-refractivity contribution is -0.759. The number of benzene rings is 3. The molecule has 0 radical (unpaired) electrons. The van der Waals surface area contributed by atoms with Gasteiger partial charge < -0.3 is 0 Å². The van der Waals surface area contributed by atoms with Crippen LogP contribution in [-0.2, 0) is 16.1 Å². The highest BCUT2D eigenvalue weighted by Crippen LogP contribution is 2.30. The first kappa shape index (κ1) is 22.5. The number of amidine groups is 1. The van der Waals surface area contributed by atoms with E-state index in [9.17, 15) is 9.59 Å². The maximum atomic E-state index is 13.4. The zero-order valence-corrected chi connectivity index (χ0v) is 19.7. The second-order valence-electron chi connectivity index (χ2n) is 7.73. The Bertz CT molecular complexity index is 1460. The Morgan fingerprint density at radius 2 is 1.86 bits per heavy atom. The van der Waals surface area contributed by atoms with E-state index in [-0.39, 0.29) is 23.5 Å². The van der Waals surface area contributed by atoms with Crippen molar-refractivity contribution in [2.24, 2.45) is 4.99 Å². The number of anilines is 2.